The summed E-state index contributed by atoms with van der Waals surface area (Å²) >= 11 is 4.54. The van der Waals surface area contributed by atoms with Crippen molar-refractivity contribution in [2.45, 2.75) is 4.21 Å². The molecule has 1 amide bonds. The van der Waals surface area contributed by atoms with Crippen molar-refractivity contribution in [1.29, 1.82) is 0 Å². The first-order chi connectivity index (χ1) is 10.5. The van der Waals surface area contributed by atoms with Gasteiger partial charge in [-0.05, 0) is 35.0 Å². The Hall–Kier alpha value is -1.70. The van der Waals surface area contributed by atoms with Gasteiger partial charge in [0.05, 0.1) is 11.3 Å². The van der Waals surface area contributed by atoms with E-state index in [0.29, 0.717) is 16.6 Å². The van der Waals surface area contributed by atoms with Gasteiger partial charge in [0.2, 0.25) is 0 Å². The van der Waals surface area contributed by atoms with Crippen molar-refractivity contribution in [3.63, 3.8) is 0 Å². The Morgan fingerprint density at radius 3 is 2.59 bits per heavy atom. The first-order valence-corrected chi connectivity index (χ1v) is 9.47. The molecule has 0 bridgehead atoms. The van der Waals surface area contributed by atoms with Crippen molar-refractivity contribution in [3.05, 3.63) is 57.9 Å². The van der Waals surface area contributed by atoms with Crippen LogP contribution in [-0.2, 0) is 10.0 Å². The molecule has 1 aromatic heterocycles. The average molecular weight is 394 g/mol. The monoisotopic (exact) mass is 393 g/mol. The number of rotatable bonds is 2. The van der Waals surface area contributed by atoms with E-state index >= 15 is 0 Å². The van der Waals surface area contributed by atoms with Gasteiger partial charge in [0.15, 0.2) is 0 Å². The van der Waals surface area contributed by atoms with E-state index < -0.39 is 15.9 Å². The van der Waals surface area contributed by atoms with E-state index in [-0.39, 0.29) is 4.21 Å². The number of carbonyl (C=O) groups is 1. The maximum atomic E-state index is 12.8. The summed E-state index contributed by atoms with van der Waals surface area (Å²) in [6.45, 7) is 0. The van der Waals surface area contributed by atoms with E-state index in [0.717, 1.165) is 25.5 Å². The number of hydrogen-bond acceptors (Lipinski definition) is 4. The second-order valence-electron chi connectivity index (χ2n) is 4.80. The maximum Gasteiger partial charge on any atom is 0.280 e. The van der Waals surface area contributed by atoms with E-state index in [1.807, 2.05) is 6.07 Å². The number of nitrogens with zero attached hydrogens (tertiary/aromatic N) is 1. The minimum Gasteiger partial charge on any atom is -0.268 e. The van der Waals surface area contributed by atoms with E-state index in [9.17, 15) is 13.2 Å². The smallest absolute Gasteiger partial charge is 0.268 e. The van der Waals surface area contributed by atoms with E-state index in [4.69, 9.17) is 0 Å². The molecular weight excluding hydrogens is 386 g/mol. The number of thiophene rings is 1. The molecule has 22 heavy (non-hydrogen) atoms. The molecule has 0 spiro atoms. The average Bonchev–Trinajstić information content (AvgIpc) is 3.12. The molecule has 110 valence electrons. The summed E-state index contributed by atoms with van der Waals surface area (Å²) in [5, 5.41) is 3.17. The largest absolute Gasteiger partial charge is 0.280 e. The van der Waals surface area contributed by atoms with Gasteiger partial charge in [-0.3, -0.25) is 4.79 Å². The molecule has 7 heteroatoms. The summed E-state index contributed by atoms with van der Waals surface area (Å²) < 4.78 is 27.5. The summed E-state index contributed by atoms with van der Waals surface area (Å²) in [5.74, 6) is -0.507. The van der Waals surface area contributed by atoms with Gasteiger partial charge in [0.1, 0.15) is 4.21 Å². The lowest BCUT2D eigenvalue weighted by molar-refractivity contribution is 0.101. The Balaban J connectivity index is 2.05. The van der Waals surface area contributed by atoms with Gasteiger partial charge < -0.3 is 0 Å². The Morgan fingerprint density at radius 2 is 1.86 bits per heavy atom. The van der Waals surface area contributed by atoms with Crippen LogP contribution in [0.15, 0.2) is 56.5 Å². The van der Waals surface area contributed by atoms with Gasteiger partial charge in [-0.2, -0.15) is 12.7 Å². The minimum absolute atomic E-state index is 0.157. The molecular formula is C15H8BrNO3S2. The van der Waals surface area contributed by atoms with Crippen molar-refractivity contribution >= 4 is 59.7 Å². The second kappa shape index (κ2) is 4.65. The highest BCUT2D eigenvalue weighted by molar-refractivity contribution is 9.10. The molecule has 0 unspecified atom stereocenters. The molecule has 0 aliphatic carbocycles. The number of anilines is 1. The van der Waals surface area contributed by atoms with Crippen LogP contribution in [0.2, 0.25) is 0 Å². The quantitative estimate of drug-likeness (QED) is 0.660. The number of sulfonamides is 1. The Labute approximate surface area is 139 Å². The van der Waals surface area contributed by atoms with Gasteiger partial charge >= 0.3 is 0 Å². The van der Waals surface area contributed by atoms with Gasteiger partial charge in [0, 0.05) is 9.86 Å². The zero-order valence-corrected chi connectivity index (χ0v) is 14.2. The van der Waals surface area contributed by atoms with E-state index in [1.165, 1.54) is 6.07 Å². The van der Waals surface area contributed by atoms with Crippen LogP contribution in [0.4, 0.5) is 5.69 Å². The normalized spacial score (nSPS) is 14.0. The molecule has 3 aromatic rings. The number of amides is 1. The first-order valence-electron chi connectivity index (χ1n) is 6.36. The molecule has 4 rings (SSSR count). The summed E-state index contributed by atoms with van der Waals surface area (Å²) in [6.07, 6.45) is 0. The van der Waals surface area contributed by atoms with Gasteiger partial charge in [-0.15, -0.1) is 11.3 Å². The fourth-order valence-electron chi connectivity index (χ4n) is 2.66. The van der Waals surface area contributed by atoms with Crippen LogP contribution >= 0.6 is 27.3 Å². The molecule has 0 saturated carbocycles. The summed E-state index contributed by atoms with van der Waals surface area (Å²) in [7, 11) is -3.88. The maximum absolute atomic E-state index is 12.8. The van der Waals surface area contributed by atoms with Crippen LogP contribution in [0.3, 0.4) is 0 Å². The highest BCUT2D eigenvalue weighted by Gasteiger charge is 2.39. The van der Waals surface area contributed by atoms with Crippen LogP contribution in [-0.4, -0.2) is 14.3 Å². The predicted octanol–water partition coefficient (Wildman–Crippen LogP) is 4.01. The van der Waals surface area contributed by atoms with Crippen LogP contribution in [0.5, 0.6) is 0 Å². The van der Waals surface area contributed by atoms with Crippen LogP contribution in [0.25, 0.3) is 10.8 Å². The SMILES string of the molecule is O=C1c2cccc3c(Br)ccc(c23)N1S(=O)(=O)c1cccs1. The third kappa shape index (κ3) is 1.73. The fraction of sp³-hybridized carbons (Fsp3) is 0. The lowest BCUT2D eigenvalue weighted by atomic mass is 10.1. The van der Waals surface area contributed by atoms with Gasteiger partial charge in [-0.25, -0.2) is 0 Å². The zero-order chi connectivity index (χ0) is 15.5. The molecule has 1 aliphatic rings. The molecule has 1 aliphatic heterocycles. The van der Waals surface area contributed by atoms with Crippen molar-refractivity contribution in [2.24, 2.45) is 0 Å². The zero-order valence-electron chi connectivity index (χ0n) is 11.0. The minimum atomic E-state index is -3.88. The van der Waals surface area contributed by atoms with E-state index in [1.54, 1.807) is 35.7 Å². The number of hydrogen-bond donors (Lipinski definition) is 0. The Morgan fingerprint density at radius 1 is 1.05 bits per heavy atom. The number of carbonyl (C=O) groups excluding carboxylic acids is 1. The molecule has 0 saturated heterocycles. The van der Waals surface area contributed by atoms with Crippen molar-refractivity contribution in [2.75, 3.05) is 4.31 Å². The highest BCUT2D eigenvalue weighted by atomic mass is 79.9. The number of benzene rings is 2. The predicted molar refractivity (Wildman–Crippen MR) is 90.0 cm³/mol. The lowest BCUT2D eigenvalue weighted by Gasteiger charge is -2.16. The number of halogens is 1. The Bertz CT molecular complexity index is 1030. The van der Waals surface area contributed by atoms with Crippen LogP contribution in [0, 0.1) is 0 Å². The van der Waals surface area contributed by atoms with Gasteiger partial charge in [-0.1, -0.05) is 34.1 Å². The third-order valence-corrected chi connectivity index (χ3v) is 7.35. The fourth-order valence-corrected chi connectivity index (χ4v) is 5.60. The lowest BCUT2D eigenvalue weighted by Crippen LogP contribution is -2.33. The molecule has 2 heterocycles. The molecule has 0 N–H and O–H groups in total. The van der Waals surface area contributed by atoms with Crippen LogP contribution < -0.4 is 4.31 Å². The summed E-state index contributed by atoms with van der Waals surface area (Å²) in [4.78, 5) is 12.7. The molecule has 0 fully saturated rings. The Kier molecular flexibility index (Phi) is 2.94. The first kappa shape index (κ1) is 13.9. The van der Waals surface area contributed by atoms with Gasteiger partial charge in [0.25, 0.3) is 15.9 Å². The van der Waals surface area contributed by atoms with Crippen LogP contribution in [0.1, 0.15) is 10.4 Å². The highest BCUT2D eigenvalue weighted by Crippen LogP contribution is 2.43. The topological polar surface area (TPSA) is 54.5 Å². The third-order valence-electron chi connectivity index (χ3n) is 3.59. The molecule has 0 radical (unpaired) electrons. The molecule has 4 nitrogen and oxygen atoms in total. The molecule has 2 aromatic carbocycles. The summed E-state index contributed by atoms with van der Waals surface area (Å²) in [5.41, 5.74) is 0.820. The van der Waals surface area contributed by atoms with Crippen molar-refractivity contribution in [1.82, 2.24) is 0 Å². The standard InChI is InChI=1S/C15H8BrNO3S2/c16-11-6-7-12-14-9(11)3-1-4-10(14)15(18)17(12)22(19,20)13-5-2-8-21-13/h1-8H. The second-order valence-corrected chi connectivity index (χ2v) is 8.62. The summed E-state index contributed by atoms with van der Waals surface area (Å²) in [6, 6.07) is 11.9. The van der Waals surface area contributed by atoms with E-state index in [2.05, 4.69) is 15.9 Å². The van der Waals surface area contributed by atoms with Crippen molar-refractivity contribution in [3.8, 4) is 0 Å². The molecule has 0 atom stereocenters. The van der Waals surface area contributed by atoms with Crippen molar-refractivity contribution < 1.29 is 13.2 Å².